The van der Waals surface area contributed by atoms with E-state index in [0.717, 1.165) is 6.07 Å². The second-order valence-electron chi connectivity index (χ2n) is 5.11. The number of halogens is 5. The molecule has 1 heterocycles. The van der Waals surface area contributed by atoms with Gasteiger partial charge in [-0.3, -0.25) is 0 Å². The normalized spacial score (nSPS) is 11.0. The summed E-state index contributed by atoms with van der Waals surface area (Å²) in [6.07, 6.45) is 0. The van der Waals surface area contributed by atoms with Gasteiger partial charge in [0.2, 0.25) is 0 Å². The molecule has 3 aromatic rings. The summed E-state index contributed by atoms with van der Waals surface area (Å²) in [4.78, 5) is 0. The Balaban J connectivity index is 1.85. The van der Waals surface area contributed by atoms with Crippen molar-refractivity contribution in [1.82, 2.24) is 14.8 Å². The average molecular weight is 372 g/mol. The van der Waals surface area contributed by atoms with Crippen LogP contribution in [0.25, 0.3) is 11.4 Å². The molecule has 130 valence electrons. The van der Waals surface area contributed by atoms with Gasteiger partial charge in [-0.2, -0.15) is 0 Å². The number of aromatic nitrogens is 3. The largest absolute Gasteiger partial charge is 0.479 e. The fourth-order valence-corrected chi connectivity index (χ4v) is 2.45. The lowest BCUT2D eigenvalue weighted by Gasteiger charge is -2.09. The zero-order valence-corrected chi connectivity index (χ0v) is 13.5. The van der Waals surface area contributed by atoms with E-state index < -0.39 is 29.0 Å². The predicted molar refractivity (Wildman–Crippen MR) is 82.1 cm³/mol. The molecule has 0 amide bonds. The molecule has 0 fully saturated rings. The highest BCUT2D eigenvalue weighted by Crippen LogP contribution is 2.28. The first-order valence-corrected chi connectivity index (χ1v) is 7.35. The van der Waals surface area contributed by atoms with Gasteiger partial charge in [-0.05, 0) is 18.2 Å². The molecule has 3 rings (SSSR count). The number of hydrogen-bond donors (Lipinski definition) is 0. The Morgan fingerprint density at radius 2 is 1.68 bits per heavy atom. The highest BCUT2D eigenvalue weighted by atomic mass is 35.5. The maximum atomic E-state index is 13.6. The van der Waals surface area contributed by atoms with Crippen LogP contribution in [0.15, 0.2) is 30.3 Å². The molecule has 0 aliphatic heterocycles. The molecular weight excluding hydrogens is 362 g/mol. The van der Waals surface area contributed by atoms with E-state index in [2.05, 4.69) is 10.2 Å². The van der Waals surface area contributed by atoms with Crippen LogP contribution in [0.1, 0.15) is 5.82 Å². The van der Waals surface area contributed by atoms with E-state index in [-0.39, 0.29) is 17.5 Å². The van der Waals surface area contributed by atoms with Gasteiger partial charge in [0.25, 0.3) is 0 Å². The Bertz CT molecular complexity index is 922. The highest BCUT2D eigenvalue weighted by Gasteiger charge is 2.17. The van der Waals surface area contributed by atoms with E-state index >= 15 is 0 Å². The van der Waals surface area contributed by atoms with Crippen molar-refractivity contribution in [3.8, 4) is 17.1 Å². The van der Waals surface area contributed by atoms with Gasteiger partial charge < -0.3 is 9.30 Å². The Morgan fingerprint density at radius 3 is 2.32 bits per heavy atom. The van der Waals surface area contributed by atoms with Crippen molar-refractivity contribution in [2.75, 3.05) is 0 Å². The molecule has 4 nitrogen and oxygen atoms in total. The van der Waals surface area contributed by atoms with Gasteiger partial charge in [0.1, 0.15) is 18.2 Å². The maximum Gasteiger partial charge on any atom is 0.191 e. The summed E-state index contributed by atoms with van der Waals surface area (Å²) < 4.78 is 59.7. The van der Waals surface area contributed by atoms with E-state index in [1.807, 2.05) is 0 Å². The molecule has 0 atom stereocenters. The molecule has 0 radical (unpaired) electrons. The lowest BCUT2D eigenvalue weighted by atomic mass is 10.2. The number of nitrogens with zero attached hydrogens (tertiary/aromatic N) is 3. The number of hydrogen-bond acceptors (Lipinski definition) is 3. The molecule has 0 saturated heterocycles. The van der Waals surface area contributed by atoms with Crippen molar-refractivity contribution >= 4 is 11.6 Å². The van der Waals surface area contributed by atoms with E-state index in [0.29, 0.717) is 23.5 Å². The van der Waals surface area contributed by atoms with Crippen molar-refractivity contribution in [3.05, 3.63) is 64.4 Å². The van der Waals surface area contributed by atoms with Gasteiger partial charge in [0.05, 0.1) is 5.02 Å². The average Bonchev–Trinajstić information content (AvgIpc) is 2.87. The van der Waals surface area contributed by atoms with Crippen molar-refractivity contribution in [2.24, 2.45) is 7.05 Å². The second kappa shape index (κ2) is 6.72. The number of benzene rings is 2. The van der Waals surface area contributed by atoms with Crippen LogP contribution in [0.4, 0.5) is 17.6 Å². The quantitative estimate of drug-likeness (QED) is 0.643. The zero-order chi connectivity index (χ0) is 18.1. The summed E-state index contributed by atoms with van der Waals surface area (Å²) in [7, 11) is 1.59. The zero-order valence-electron chi connectivity index (χ0n) is 12.7. The molecule has 25 heavy (non-hydrogen) atoms. The molecule has 0 saturated carbocycles. The Labute approximate surface area is 144 Å². The van der Waals surface area contributed by atoms with Crippen LogP contribution in [0, 0.1) is 23.3 Å². The molecule has 2 aromatic carbocycles. The van der Waals surface area contributed by atoms with E-state index in [1.54, 1.807) is 7.05 Å². The van der Waals surface area contributed by atoms with Crippen LogP contribution in [-0.4, -0.2) is 14.8 Å². The summed E-state index contributed by atoms with van der Waals surface area (Å²) >= 11 is 5.99. The SMILES string of the molecule is Cn1c(COc2c(F)cc(F)cc2F)nnc1-c1ccc(F)cc1Cl. The lowest BCUT2D eigenvalue weighted by molar-refractivity contribution is 0.261. The smallest absolute Gasteiger partial charge is 0.191 e. The van der Waals surface area contributed by atoms with Gasteiger partial charge in [0.15, 0.2) is 29.0 Å². The number of ether oxygens (including phenoxy) is 1. The van der Waals surface area contributed by atoms with Crippen molar-refractivity contribution in [2.45, 2.75) is 6.61 Å². The van der Waals surface area contributed by atoms with Crippen LogP contribution in [-0.2, 0) is 13.7 Å². The number of rotatable bonds is 4. The molecule has 0 N–H and O–H groups in total. The standard InChI is InChI=1S/C16H10ClF4N3O/c1-24-14(7-25-15-12(20)5-9(19)6-13(15)21)22-23-16(24)10-3-2-8(18)4-11(10)17/h2-6H,7H2,1H3. The predicted octanol–water partition coefficient (Wildman–Crippen LogP) is 4.27. The summed E-state index contributed by atoms with van der Waals surface area (Å²) in [5, 5.41) is 7.93. The molecule has 0 aliphatic rings. The summed E-state index contributed by atoms with van der Waals surface area (Å²) in [6, 6.07) is 4.81. The Kier molecular flexibility index (Phi) is 4.63. The van der Waals surface area contributed by atoms with Gasteiger partial charge in [0, 0.05) is 24.7 Å². The maximum absolute atomic E-state index is 13.6. The van der Waals surface area contributed by atoms with Crippen molar-refractivity contribution in [1.29, 1.82) is 0 Å². The Hall–Kier alpha value is -2.61. The molecule has 1 aromatic heterocycles. The minimum Gasteiger partial charge on any atom is -0.479 e. The van der Waals surface area contributed by atoms with Gasteiger partial charge in [-0.15, -0.1) is 10.2 Å². The van der Waals surface area contributed by atoms with Crippen LogP contribution in [0.2, 0.25) is 5.02 Å². The van der Waals surface area contributed by atoms with Crippen LogP contribution in [0.5, 0.6) is 5.75 Å². The summed E-state index contributed by atoms with van der Waals surface area (Å²) in [5.74, 6) is -4.04. The monoisotopic (exact) mass is 371 g/mol. The third kappa shape index (κ3) is 3.43. The van der Waals surface area contributed by atoms with E-state index in [1.165, 1.54) is 16.7 Å². The molecule has 0 spiro atoms. The third-order valence-corrected chi connectivity index (χ3v) is 3.76. The first kappa shape index (κ1) is 17.2. The first-order valence-electron chi connectivity index (χ1n) is 6.98. The summed E-state index contributed by atoms with van der Waals surface area (Å²) in [5.41, 5.74) is 0.434. The molecule has 9 heteroatoms. The highest BCUT2D eigenvalue weighted by molar-refractivity contribution is 6.33. The molecule has 0 aliphatic carbocycles. The second-order valence-corrected chi connectivity index (χ2v) is 5.52. The fraction of sp³-hybridized carbons (Fsp3) is 0.125. The minimum absolute atomic E-state index is 0.138. The van der Waals surface area contributed by atoms with E-state index in [9.17, 15) is 17.6 Å². The molecular formula is C16H10ClF4N3O. The van der Waals surface area contributed by atoms with Gasteiger partial charge in [-0.25, -0.2) is 17.6 Å². The summed E-state index contributed by atoms with van der Waals surface area (Å²) in [6.45, 7) is -0.318. The minimum atomic E-state index is -1.17. The van der Waals surface area contributed by atoms with Crippen molar-refractivity contribution < 1.29 is 22.3 Å². The first-order chi connectivity index (χ1) is 11.9. The van der Waals surface area contributed by atoms with Crippen LogP contribution in [0.3, 0.4) is 0 Å². The molecule has 0 unspecified atom stereocenters. The Morgan fingerprint density at radius 1 is 1.00 bits per heavy atom. The molecule has 0 bridgehead atoms. The van der Waals surface area contributed by atoms with Gasteiger partial charge in [-0.1, -0.05) is 11.6 Å². The van der Waals surface area contributed by atoms with Gasteiger partial charge >= 0.3 is 0 Å². The van der Waals surface area contributed by atoms with Crippen LogP contribution >= 0.6 is 11.6 Å². The fourth-order valence-electron chi connectivity index (χ4n) is 2.20. The van der Waals surface area contributed by atoms with E-state index in [4.69, 9.17) is 16.3 Å². The van der Waals surface area contributed by atoms with Crippen molar-refractivity contribution in [3.63, 3.8) is 0 Å². The lowest BCUT2D eigenvalue weighted by Crippen LogP contribution is -2.06. The van der Waals surface area contributed by atoms with Crippen LogP contribution < -0.4 is 4.74 Å². The topological polar surface area (TPSA) is 39.9 Å². The third-order valence-electron chi connectivity index (χ3n) is 3.45.